The van der Waals surface area contributed by atoms with E-state index in [4.69, 9.17) is 0 Å². The molecule has 176 valence electrons. The highest BCUT2D eigenvalue weighted by molar-refractivity contribution is 5.38. The van der Waals surface area contributed by atoms with Crippen LogP contribution in [0.5, 0.6) is 0 Å². The van der Waals surface area contributed by atoms with Crippen LogP contribution in [-0.2, 0) is 0 Å². The van der Waals surface area contributed by atoms with Gasteiger partial charge in [0.1, 0.15) is 0 Å². The zero-order valence-electron chi connectivity index (χ0n) is 20.5. The maximum Gasteiger partial charge on any atom is 0.0811 e. The van der Waals surface area contributed by atoms with E-state index in [9.17, 15) is 15.3 Å². The van der Waals surface area contributed by atoms with Crippen molar-refractivity contribution in [3.05, 3.63) is 35.5 Å². The summed E-state index contributed by atoms with van der Waals surface area (Å²) in [6.07, 6.45) is 12.9. The summed E-state index contributed by atoms with van der Waals surface area (Å²) in [5, 5.41) is 30.3. The minimum absolute atomic E-state index is 0.334. The van der Waals surface area contributed by atoms with Gasteiger partial charge in [0.15, 0.2) is 0 Å². The first-order chi connectivity index (χ1) is 14.4. The standard InChI is InChI=1S/C28H46O3/c1-18(7-8-19(2)27(4,5)31)25-12-11-23-15-21(13-14-28(23,25)6)9-10-22-16-24(29)17-26(30)20(22)3/h9-10,18-19,23-26,29-31H,3,7-8,11-17H2,1-2,4-6H3/b21-9+,22-10-/t18-,19+,23?,24-,25?,26?,28?/m1/s1. The molecule has 0 saturated heterocycles. The van der Waals surface area contributed by atoms with E-state index in [1.807, 2.05) is 13.8 Å². The number of aliphatic hydroxyl groups is 3. The summed E-state index contributed by atoms with van der Waals surface area (Å²) in [7, 11) is 0. The first-order valence-corrected chi connectivity index (χ1v) is 12.6. The SMILES string of the molecule is C=C1/C(=C\C=C2/CCC3(C)C(CCC3[C@H](C)CC[C@H](C)C(C)(C)O)C2)C[C@@H](O)CC1O. The molecule has 0 aromatic carbocycles. The highest BCUT2D eigenvalue weighted by Gasteiger charge is 2.49. The molecule has 3 nitrogen and oxygen atoms in total. The molecule has 0 radical (unpaired) electrons. The van der Waals surface area contributed by atoms with Gasteiger partial charge in [-0.15, -0.1) is 0 Å². The summed E-state index contributed by atoms with van der Waals surface area (Å²) in [5.74, 6) is 2.59. The predicted molar refractivity (Wildman–Crippen MR) is 129 cm³/mol. The lowest BCUT2D eigenvalue weighted by molar-refractivity contribution is 0.0145. The van der Waals surface area contributed by atoms with Crippen LogP contribution in [0.25, 0.3) is 0 Å². The van der Waals surface area contributed by atoms with Crippen LogP contribution >= 0.6 is 0 Å². The number of aliphatic hydroxyl groups excluding tert-OH is 2. The van der Waals surface area contributed by atoms with E-state index in [2.05, 4.69) is 39.5 Å². The molecule has 3 fully saturated rings. The molecule has 7 atom stereocenters. The number of fused-ring (bicyclic) bond motifs is 1. The van der Waals surface area contributed by atoms with Gasteiger partial charge in [0, 0.05) is 6.42 Å². The van der Waals surface area contributed by atoms with E-state index in [0.29, 0.717) is 30.1 Å². The number of hydrogen-bond donors (Lipinski definition) is 3. The third kappa shape index (κ3) is 5.54. The minimum atomic E-state index is -0.612. The Bertz CT molecular complexity index is 712. The summed E-state index contributed by atoms with van der Waals surface area (Å²) >= 11 is 0. The molecule has 4 unspecified atom stereocenters. The highest BCUT2D eigenvalue weighted by atomic mass is 16.3. The molecule has 3 heteroatoms. The molecular weight excluding hydrogens is 384 g/mol. The maximum absolute atomic E-state index is 10.3. The Labute approximate surface area is 190 Å². The Morgan fingerprint density at radius 1 is 1.13 bits per heavy atom. The van der Waals surface area contributed by atoms with Crippen molar-refractivity contribution < 1.29 is 15.3 Å². The van der Waals surface area contributed by atoms with E-state index in [0.717, 1.165) is 35.8 Å². The molecule has 0 aromatic heterocycles. The monoisotopic (exact) mass is 430 g/mol. The number of hydrogen-bond acceptors (Lipinski definition) is 3. The van der Waals surface area contributed by atoms with Crippen LogP contribution in [0.1, 0.15) is 92.4 Å². The summed E-state index contributed by atoms with van der Waals surface area (Å²) in [6.45, 7) is 15.1. The lowest BCUT2D eigenvalue weighted by Crippen LogP contribution is -2.36. The van der Waals surface area contributed by atoms with Crippen molar-refractivity contribution in [2.75, 3.05) is 0 Å². The van der Waals surface area contributed by atoms with Gasteiger partial charge in [-0.2, -0.15) is 0 Å². The third-order valence-electron chi connectivity index (χ3n) is 9.33. The van der Waals surface area contributed by atoms with Crippen molar-refractivity contribution in [2.45, 2.75) is 110 Å². The fraction of sp³-hybridized carbons (Fsp3) is 0.786. The predicted octanol–water partition coefficient (Wildman–Crippen LogP) is 5.95. The zero-order chi connectivity index (χ0) is 23.0. The number of allylic oxidation sites excluding steroid dienone is 3. The van der Waals surface area contributed by atoms with E-state index < -0.39 is 17.8 Å². The molecule has 31 heavy (non-hydrogen) atoms. The summed E-state index contributed by atoms with van der Waals surface area (Å²) in [6, 6.07) is 0. The van der Waals surface area contributed by atoms with Crippen LogP contribution in [0.2, 0.25) is 0 Å². The van der Waals surface area contributed by atoms with E-state index in [1.165, 1.54) is 37.7 Å². The van der Waals surface area contributed by atoms with Gasteiger partial charge in [-0.3, -0.25) is 0 Å². The van der Waals surface area contributed by atoms with Gasteiger partial charge in [-0.25, -0.2) is 0 Å². The molecule has 0 aliphatic heterocycles. The molecule has 0 bridgehead atoms. The molecule has 3 saturated carbocycles. The van der Waals surface area contributed by atoms with Crippen molar-refractivity contribution in [1.82, 2.24) is 0 Å². The van der Waals surface area contributed by atoms with Crippen LogP contribution in [-0.4, -0.2) is 33.1 Å². The smallest absolute Gasteiger partial charge is 0.0811 e. The van der Waals surface area contributed by atoms with Gasteiger partial charge < -0.3 is 15.3 Å². The average molecular weight is 431 g/mol. The Morgan fingerprint density at radius 3 is 2.52 bits per heavy atom. The Hall–Kier alpha value is -0.900. The van der Waals surface area contributed by atoms with Crippen molar-refractivity contribution in [1.29, 1.82) is 0 Å². The van der Waals surface area contributed by atoms with Crippen LogP contribution in [0, 0.1) is 29.1 Å². The maximum atomic E-state index is 10.3. The molecule has 3 aliphatic rings. The van der Waals surface area contributed by atoms with Gasteiger partial charge in [0.2, 0.25) is 0 Å². The van der Waals surface area contributed by atoms with Gasteiger partial charge >= 0.3 is 0 Å². The van der Waals surface area contributed by atoms with Crippen molar-refractivity contribution >= 4 is 0 Å². The summed E-state index contributed by atoms with van der Waals surface area (Å²) in [5.41, 5.74) is 3.14. The normalized spacial score (nSPS) is 39.0. The average Bonchev–Trinajstić information content (AvgIpc) is 3.03. The minimum Gasteiger partial charge on any atom is -0.393 e. The second-order valence-electron chi connectivity index (χ2n) is 11.9. The largest absolute Gasteiger partial charge is 0.393 e. The molecule has 0 spiro atoms. The number of rotatable bonds is 6. The van der Waals surface area contributed by atoms with E-state index in [-0.39, 0.29) is 0 Å². The van der Waals surface area contributed by atoms with Gasteiger partial charge in [0.25, 0.3) is 0 Å². The van der Waals surface area contributed by atoms with Gasteiger partial charge in [0.05, 0.1) is 17.8 Å². The second kappa shape index (κ2) is 9.53. The molecular formula is C28H46O3. The fourth-order valence-electron chi connectivity index (χ4n) is 6.55. The zero-order valence-corrected chi connectivity index (χ0v) is 20.5. The fourth-order valence-corrected chi connectivity index (χ4v) is 6.55. The lowest BCUT2D eigenvalue weighted by atomic mass is 9.61. The summed E-state index contributed by atoms with van der Waals surface area (Å²) < 4.78 is 0. The molecule has 0 aromatic rings. The Kier molecular flexibility index (Phi) is 7.61. The molecule has 3 rings (SSSR count). The molecule has 3 N–H and O–H groups in total. The quantitative estimate of drug-likeness (QED) is 0.488. The molecule has 3 aliphatic carbocycles. The molecule has 0 heterocycles. The topological polar surface area (TPSA) is 60.7 Å². The molecule has 0 amide bonds. The van der Waals surface area contributed by atoms with Crippen molar-refractivity contribution in [2.24, 2.45) is 29.1 Å². The highest BCUT2D eigenvalue weighted by Crippen LogP contribution is 2.59. The lowest BCUT2D eigenvalue weighted by Gasteiger charge is -2.44. The summed E-state index contributed by atoms with van der Waals surface area (Å²) in [4.78, 5) is 0. The van der Waals surface area contributed by atoms with Crippen LogP contribution in [0.4, 0.5) is 0 Å². The Morgan fingerprint density at radius 2 is 1.84 bits per heavy atom. The second-order valence-corrected chi connectivity index (χ2v) is 11.9. The van der Waals surface area contributed by atoms with Crippen LogP contribution in [0.3, 0.4) is 0 Å². The van der Waals surface area contributed by atoms with Crippen LogP contribution < -0.4 is 0 Å². The third-order valence-corrected chi connectivity index (χ3v) is 9.33. The van der Waals surface area contributed by atoms with E-state index >= 15 is 0 Å². The van der Waals surface area contributed by atoms with Crippen LogP contribution in [0.15, 0.2) is 35.5 Å². The van der Waals surface area contributed by atoms with E-state index in [1.54, 1.807) is 0 Å². The van der Waals surface area contributed by atoms with Gasteiger partial charge in [-0.05, 0) is 99.0 Å². The first-order valence-electron chi connectivity index (χ1n) is 12.6. The first kappa shape index (κ1) is 24.7. The Balaban J connectivity index is 1.61. The van der Waals surface area contributed by atoms with Crippen molar-refractivity contribution in [3.63, 3.8) is 0 Å². The van der Waals surface area contributed by atoms with Gasteiger partial charge in [-0.1, -0.05) is 51.5 Å². The van der Waals surface area contributed by atoms with Crippen molar-refractivity contribution in [3.8, 4) is 0 Å².